The molecule has 2 aromatic heterocycles. The van der Waals surface area contributed by atoms with Gasteiger partial charge >= 0.3 is 0 Å². The van der Waals surface area contributed by atoms with E-state index in [1.165, 1.54) is 0 Å². The summed E-state index contributed by atoms with van der Waals surface area (Å²) in [6, 6.07) is 2.17. The Balaban J connectivity index is 2.59. The van der Waals surface area contributed by atoms with Gasteiger partial charge < -0.3 is 9.99 Å². The molecule has 0 aromatic carbocycles. The monoisotopic (exact) mass is 274 g/mol. The number of nitrogen functional groups attached to an aromatic ring is 1. The first-order valence-electron chi connectivity index (χ1n) is 6.71. The Morgan fingerprint density at radius 3 is 2.50 bits per heavy atom. The Bertz CT molecular complexity index is 594. The third-order valence-electron chi connectivity index (χ3n) is 3.09. The smallest absolute Gasteiger partial charge is 0.180 e. The van der Waals surface area contributed by atoms with Gasteiger partial charge in [0.15, 0.2) is 5.82 Å². The highest BCUT2D eigenvalue weighted by atomic mass is 15.3. The summed E-state index contributed by atoms with van der Waals surface area (Å²) in [5.74, 6) is 6.76. The topological polar surface area (TPSA) is 81.7 Å². The molecule has 20 heavy (non-hydrogen) atoms. The van der Waals surface area contributed by atoms with Gasteiger partial charge in [-0.05, 0) is 13.8 Å². The first kappa shape index (κ1) is 14.5. The molecule has 0 aliphatic carbocycles. The number of nitrogens with zero attached hydrogens (tertiary/aromatic N) is 4. The van der Waals surface area contributed by atoms with Crippen molar-refractivity contribution in [3.8, 4) is 11.5 Å². The van der Waals surface area contributed by atoms with Crippen molar-refractivity contribution in [2.24, 2.45) is 5.84 Å². The van der Waals surface area contributed by atoms with Gasteiger partial charge in [0, 0.05) is 17.5 Å². The molecule has 108 valence electrons. The summed E-state index contributed by atoms with van der Waals surface area (Å²) in [5, 5.41) is 0. The summed E-state index contributed by atoms with van der Waals surface area (Å²) in [6.45, 7) is 10.5. The average Bonchev–Trinajstić information content (AvgIpc) is 2.86. The largest absolute Gasteiger partial charge is 0.325 e. The maximum Gasteiger partial charge on any atom is 0.180 e. The number of anilines is 1. The lowest BCUT2D eigenvalue weighted by Crippen LogP contribution is -2.18. The van der Waals surface area contributed by atoms with Crippen LogP contribution < -0.4 is 11.3 Å². The molecule has 3 N–H and O–H groups in total. The van der Waals surface area contributed by atoms with Crippen molar-refractivity contribution >= 4 is 5.82 Å². The molecule has 0 radical (unpaired) electrons. The zero-order valence-electron chi connectivity index (χ0n) is 12.7. The number of rotatable bonds is 3. The minimum Gasteiger partial charge on any atom is -0.325 e. The Morgan fingerprint density at radius 1 is 1.25 bits per heavy atom. The minimum absolute atomic E-state index is 0.0774. The van der Waals surface area contributed by atoms with E-state index in [2.05, 4.69) is 55.0 Å². The molecule has 0 saturated heterocycles. The Morgan fingerprint density at radius 2 is 1.95 bits per heavy atom. The second-order valence-corrected chi connectivity index (χ2v) is 6.14. The van der Waals surface area contributed by atoms with Gasteiger partial charge in [0.2, 0.25) is 0 Å². The van der Waals surface area contributed by atoms with Crippen molar-refractivity contribution in [2.45, 2.75) is 46.1 Å². The van der Waals surface area contributed by atoms with E-state index in [0.29, 0.717) is 17.7 Å². The molecule has 0 amide bonds. The predicted molar refractivity (Wildman–Crippen MR) is 80.1 cm³/mol. The van der Waals surface area contributed by atoms with E-state index < -0.39 is 0 Å². The SMILES string of the molecule is CC(C)n1cncc1-c1nc(NN)cc(C(C)(C)C)n1. The van der Waals surface area contributed by atoms with Gasteiger partial charge in [0.1, 0.15) is 11.5 Å². The fourth-order valence-electron chi connectivity index (χ4n) is 1.91. The molecule has 0 bridgehead atoms. The maximum atomic E-state index is 5.52. The van der Waals surface area contributed by atoms with Crippen molar-refractivity contribution < 1.29 is 0 Å². The molecule has 6 nitrogen and oxygen atoms in total. The van der Waals surface area contributed by atoms with E-state index in [1.54, 1.807) is 12.5 Å². The summed E-state index contributed by atoms with van der Waals surface area (Å²) >= 11 is 0. The van der Waals surface area contributed by atoms with Crippen LogP contribution in [0.5, 0.6) is 0 Å². The van der Waals surface area contributed by atoms with Crippen molar-refractivity contribution in [1.82, 2.24) is 19.5 Å². The van der Waals surface area contributed by atoms with E-state index in [-0.39, 0.29) is 5.41 Å². The standard InChI is InChI=1S/C14H22N6/c1-9(2)20-8-16-7-10(20)13-17-11(14(3,4)5)6-12(18-13)19-15/h6-9H,15H2,1-5H3,(H,17,18,19). The normalized spacial score (nSPS) is 11.9. The molecule has 0 saturated carbocycles. The molecule has 2 heterocycles. The van der Waals surface area contributed by atoms with Crippen LogP contribution in [0.15, 0.2) is 18.6 Å². The quantitative estimate of drug-likeness (QED) is 0.664. The first-order valence-corrected chi connectivity index (χ1v) is 6.71. The van der Waals surface area contributed by atoms with Crippen LogP contribution in [0.4, 0.5) is 5.82 Å². The molecule has 6 heteroatoms. The van der Waals surface area contributed by atoms with Crippen LogP contribution in [-0.4, -0.2) is 19.5 Å². The lowest BCUT2D eigenvalue weighted by atomic mass is 9.92. The summed E-state index contributed by atoms with van der Waals surface area (Å²) in [6.07, 6.45) is 3.57. The molecule has 0 unspecified atom stereocenters. The van der Waals surface area contributed by atoms with Gasteiger partial charge in [0.25, 0.3) is 0 Å². The van der Waals surface area contributed by atoms with Crippen LogP contribution in [-0.2, 0) is 5.41 Å². The van der Waals surface area contributed by atoms with Crippen molar-refractivity contribution in [3.05, 3.63) is 24.3 Å². The van der Waals surface area contributed by atoms with Crippen LogP contribution in [0.3, 0.4) is 0 Å². The van der Waals surface area contributed by atoms with E-state index in [0.717, 1.165) is 11.4 Å². The summed E-state index contributed by atoms with van der Waals surface area (Å²) in [4.78, 5) is 13.3. The summed E-state index contributed by atoms with van der Waals surface area (Å²) < 4.78 is 2.04. The average molecular weight is 274 g/mol. The Hall–Kier alpha value is -1.95. The number of nitrogens with one attached hydrogen (secondary N) is 1. The van der Waals surface area contributed by atoms with Crippen LogP contribution in [0.25, 0.3) is 11.5 Å². The second-order valence-electron chi connectivity index (χ2n) is 6.14. The van der Waals surface area contributed by atoms with Crippen LogP contribution in [0.2, 0.25) is 0 Å². The zero-order chi connectivity index (χ0) is 14.9. The molecule has 0 aliphatic heterocycles. The molecule has 0 fully saturated rings. The van der Waals surface area contributed by atoms with Crippen LogP contribution >= 0.6 is 0 Å². The van der Waals surface area contributed by atoms with Gasteiger partial charge in [-0.3, -0.25) is 0 Å². The second kappa shape index (κ2) is 5.20. The number of hydrazine groups is 1. The molecule has 0 atom stereocenters. The summed E-state index contributed by atoms with van der Waals surface area (Å²) in [7, 11) is 0. The lowest BCUT2D eigenvalue weighted by molar-refractivity contribution is 0.566. The zero-order valence-corrected chi connectivity index (χ0v) is 12.7. The predicted octanol–water partition coefficient (Wildman–Crippen LogP) is 2.50. The van der Waals surface area contributed by atoms with E-state index >= 15 is 0 Å². The molecular weight excluding hydrogens is 252 g/mol. The maximum absolute atomic E-state index is 5.52. The van der Waals surface area contributed by atoms with Gasteiger partial charge in [0.05, 0.1) is 18.2 Å². The van der Waals surface area contributed by atoms with Crippen molar-refractivity contribution in [3.63, 3.8) is 0 Å². The van der Waals surface area contributed by atoms with Gasteiger partial charge in [-0.1, -0.05) is 20.8 Å². The van der Waals surface area contributed by atoms with Gasteiger partial charge in [-0.2, -0.15) is 0 Å². The first-order chi connectivity index (χ1) is 9.32. The van der Waals surface area contributed by atoms with E-state index in [4.69, 9.17) is 5.84 Å². The van der Waals surface area contributed by atoms with Crippen molar-refractivity contribution in [2.75, 3.05) is 5.43 Å². The Kier molecular flexibility index (Phi) is 3.76. The Labute approximate surface area is 119 Å². The fraction of sp³-hybridized carbons (Fsp3) is 0.500. The highest BCUT2D eigenvalue weighted by Crippen LogP contribution is 2.26. The molecule has 2 aromatic rings. The third kappa shape index (κ3) is 2.80. The van der Waals surface area contributed by atoms with E-state index in [1.807, 2.05) is 10.6 Å². The number of nitrogens with two attached hydrogens (primary N) is 1. The van der Waals surface area contributed by atoms with Crippen LogP contribution in [0.1, 0.15) is 46.4 Å². The molecular formula is C14H22N6. The van der Waals surface area contributed by atoms with E-state index in [9.17, 15) is 0 Å². The van der Waals surface area contributed by atoms with Crippen molar-refractivity contribution in [1.29, 1.82) is 0 Å². The molecule has 0 spiro atoms. The van der Waals surface area contributed by atoms with Crippen LogP contribution in [0, 0.1) is 0 Å². The fourth-order valence-corrected chi connectivity index (χ4v) is 1.91. The van der Waals surface area contributed by atoms with Gasteiger partial charge in [-0.15, -0.1) is 0 Å². The molecule has 2 rings (SSSR count). The third-order valence-corrected chi connectivity index (χ3v) is 3.09. The number of aromatic nitrogens is 4. The number of hydrogen-bond acceptors (Lipinski definition) is 5. The highest BCUT2D eigenvalue weighted by molar-refractivity contribution is 5.53. The minimum atomic E-state index is -0.0774. The van der Waals surface area contributed by atoms with Gasteiger partial charge in [-0.25, -0.2) is 20.8 Å². The summed E-state index contributed by atoms with van der Waals surface area (Å²) in [5.41, 5.74) is 4.36. The number of hydrogen-bond donors (Lipinski definition) is 2. The molecule has 0 aliphatic rings. The lowest BCUT2D eigenvalue weighted by Gasteiger charge is -2.20. The highest BCUT2D eigenvalue weighted by Gasteiger charge is 2.20. The number of imidazole rings is 1.